The zero-order valence-corrected chi connectivity index (χ0v) is 7.45. The first-order valence-electron chi connectivity index (χ1n) is 3.95. The average Bonchev–Trinajstić information content (AvgIpc) is 2.05. The number of nitrogens with zero attached hydrogens (tertiary/aromatic N) is 1. The quantitative estimate of drug-likeness (QED) is 0.631. The van der Waals surface area contributed by atoms with Crippen LogP contribution in [0.4, 0.5) is 5.69 Å². The Morgan fingerprint density at radius 1 is 1.50 bits per heavy atom. The fourth-order valence-electron chi connectivity index (χ4n) is 1.08. The van der Waals surface area contributed by atoms with E-state index in [1.54, 1.807) is 0 Å². The fraction of sp³-hybridized carbons (Fsp3) is 0.300. The highest BCUT2D eigenvalue weighted by Gasteiger charge is 1.97. The van der Waals surface area contributed by atoms with Gasteiger partial charge in [-0.2, -0.15) is 0 Å². The van der Waals surface area contributed by atoms with Crippen LogP contribution in [-0.2, 0) is 4.79 Å². The molecule has 0 unspecified atom stereocenters. The second-order valence-corrected chi connectivity index (χ2v) is 2.89. The van der Waals surface area contributed by atoms with Gasteiger partial charge in [-0.25, -0.2) is 0 Å². The molecule has 0 spiro atoms. The van der Waals surface area contributed by atoms with Crippen LogP contribution in [0.25, 0.3) is 0 Å². The number of carbonyl (C=O) groups excluding carboxylic acids is 1. The van der Waals surface area contributed by atoms with E-state index in [4.69, 9.17) is 0 Å². The first-order valence-corrected chi connectivity index (χ1v) is 3.95. The summed E-state index contributed by atoms with van der Waals surface area (Å²) in [7, 11) is 1.91. The number of rotatable bonds is 3. The molecule has 0 N–H and O–H groups in total. The summed E-state index contributed by atoms with van der Waals surface area (Å²) in [4.78, 5) is 12.1. The molecule has 0 amide bonds. The van der Waals surface area contributed by atoms with Gasteiger partial charge in [0.25, 0.3) is 0 Å². The number of aldehydes is 1. The Kier molecular flexibility index (Phi) is 2.86. The maximum atomic E-state index is 10.2. The molecule has 0 aromatic heterocycles. The summed E-state index contributed by atoms with van der Waals surface area (Å²) in [6, 6.07) is 8.09. The third kappa shape index (κ3) is 2.09. The highest BCUT2D eigenvalue weighted by molar-refractivity contribution is 5.61. The van der Waals surface area contributed by atoms with Gasteiger partial charge in [-0.1, -0.05) is 12.1 Å². The molecule has 0 fully saturated rings. The van der Waals surface area contributed by atoms with Crippen LogP contribution < -0.4 is 4.90 Å². The van der Waals surface area contributed by atoms with E-state index < -0.39 is 0 Å². The van der Waals surface area contributed by atoms with E-state index in [1.165, 1.54) is 5.56 Å². The van der Waals surface area contributed by atoms with Gasteiger partial charge >= 0.3 is 0 Å². The molecule has 0 saturated carbocycles. The van der Waals surface area contributed by atoms with Crippen molar-refractivity contribution in [3.63, 3.8) is 0 Å². The molecule has 0 radical (unpaired) electrons. The average molecular weight is 163 g/mol. The molecule has 64 valence electrons. The number of anilines is 1. The maximum absolute atomic E-state index is 10.2. The summed E-state index contributed by atoms with van der Waals surface area (Å²) in [6.07, 6.45) is 0.905. The van der Waals surface area contributed by atoms with E-state index in [0.717, 1.165) is 12.0 Å². The van der Waals surface area contributed by atoms with Crippen LogP contribution in [0.2, 0.25) is 0 Å². The largest absolute Gasteiger partial charge is 0.368 e. The van der Waals surface area contributed by atoms with Crippen LogP contribution in [0, 0.1) is 6.92 Å². The molecule has 12 heavy (non-hydrogen) atoms. The van der Waals surface area contributed by atoms with Crippen LogP contribution in [0.3, 0.4) is 0 Å². The van der Waals surface area contributed by atoms with E-state index in [9.17, 15) is 4.79 Å². The molecule has 0 heterocycles. The first-order chi connectivity index (χ1) is 5.74. The standard InChI is InChI=1S/C10H13NO/c1-9-4-3-5-10(8-9)11(2)6-7-12/h3-5,7-8H,6H2,1-2H3. The van der Waals surface area contributed by atoms with Gasteiger partial charge in [0.1, 0.15) is 6.29 Å². The first kappa shape index (κ1) is 8.78. The van der Waals surface area contributed by atoms with Crippen LogP contribution in [0.1, 0.15) is 5.56 Å². The lowest BCUT2D eigenvalue weighted by Crippen LogP contribution is -2.19. The Morgan fingerprint density at radius 2 is 2.25 bits per heavy atom. The Bertz CT molecular complexity index is 270. The molecule has 0 aliphatic rings. The number of carbonyl (C=O) groups is 1. The highest BCUT2D eigenvalue weighted by atomic mass is 16.1. The second kappa shape index (κ2) is 3.90. The summed E-state index contributed by atoms with van der Waals surface area (Å²) in [5, 5.41) is 0. The number of aryl methyl sites for hydroxylation is 1. The van der Waals surface area contributed by atoms with Crippen molar-refractivity contribution in [2.75, 3.05) is 18.5 Å². The number of benzene rings is 1. The molecular formula is C10H13NO. The number of likely N-dealkylation sites (N-methyl/N-ethyl adjacent to an activating group) is 1. The maximum Gasteiger partial charge on any atom is 0.139 e. The minimum Gasteiger partial charge on any atom is -0.368 e. The van der Waals surface area contributed by atoms with E-state index in [2.05, 4.69) is 6.07 Å². The molecule has 0 aliphatic heterocycles. The summed E-state index contributed by atoms with van der Waals surface area (Å²) >= 11 is 0. The van der Waals surface area contributed by atoms with E-state index >= 15 is 0 Å². The molecule has 2 nitrogen and oxygen atoms in total. The molecule has 0 saturated heterocycles. The zero-order chi connectivity index (χ0) is 8.97. The van der Waals surface area contributed by atoms with Crippen molar-refractivity contribution in [1.82, 2.24) is 0 Å². The fourth-order valence-corrected chi connectivity index (χ4v) is 1.08. The van der Waals surface area contributed by atoms with Crippen molar-refractivity contribution in [2.24, 2.45) is 0 Å². The van der Waals surface area contributed by atoms with Gasteiger partial charge in [0.15, 0.2) is 0 Å². The van der Waals surface area contributed by atoms with Crippen LogP contribution in [0.5, 0.6) is 0 Å². The van der Waals surface area contributed by atoms with Crippen molar-refractivity contribution < 1.29 is 4.79 Å². The Morgan fingerprint density at radius 3 is 2.83 bits per heavy atom. The van der Waals surface area contributed by atoms with E-state index in [-0.39, 0.29) is 0 Å². The molecule has 0 bridgehead atoms. The van der Waals surface area contributed by atoms with Crippen molar-refractivity contribution in [1.29, 1.82) is 0 Å². The van der Waals surface area contributed by atoms with E-state index in [1.807, 2.05) is 37.1 Å². The van der Waals surface area contributed by atoms with Gasteiger partial charge in [-0.3, -0.25) is 0 Å². The second-order valence-electron chi connectivity index (χ2n) is 2.89. The summed E-state index contributed by atoms with van der Waals surface area (Å²) in [6.45, 7) is 2.49. The molecule has 0 atom stereocenters. The molecule has 2 heteroatoms. The summed E-state index contributed by atoms with van der Waals surface area (Å²) < 4.78 is 0. The predicted molar refractivity (Wildman–Crippen MR) is 50.5 cm³/mol. The van der Waals surface area contributed by atoms with Crippen molar-refractivity contribution >= 4 is 12.0 Å². The lowest BCUT2D eigenvalue weighted by Gasteiger charge is -2.15. The third-order valence-electron chi connectivity index (χ3n) is 1.79. The molecule has 1 aromatic carbocycles. The molecular weight excluding hydrogens is 150 g/mol. The minimum absolute atomic E-state index is 0.448. The van der Waals surface area contributed by atoms with Gasteiger partial charge in [-0.05, 0) is 24.6 Å². The Hall–Kier alpha value is -1.31. The SMILES string of the molecule is Cc1cccc(N(C)CC=O)c1. The van der Waals surface area contributed by atoms with Gasteiger partial charge in [0.2, 0.25) is 0 Å². The zero-order valence-electron chi connectivity index (χ0n) is 7.45. The lowest BCUT2D eigenvalue weighted by molar-refractivity contribution is -0.106. The van der Waals surface area contributed by atoms with E-state index in [0.29, 0.717) is 6.54 Å². The molecule has 0 aliphatic carbocycles. The molecule has 1 rings (SSSR count). The van der Waals surface area contributed by atoms with Gasteiger partial charge in [-0.15, -0.1) is 0 Å². The monoisotopic (exact) mass is 163 g/mol. The summed E-state index contributed by atoms with van der Waals surface area (Å²) in [5.41, 5.74) is 2.30. The van der Waals surface area contributed by atoms with Crippen LogP contribution >= 0.6 is 0 Å². The summed E-state index contributed by atoms with van der Waals surface area (Å²) in [5.74, 6) is 0. The van der Waals surface area contributed by atoms with Crippen LogP contribution in [0.15, 0.2) is 24.3 Å². The van der Waals surface area contributed by atoms with Crippen molar-refractivity contribution in [2.45, 2.75) is 6.92 Å². The van der Waals surface area contributed by atoms with Crippen molar-refractivity contribution in [3.8, 4) is 0 Å². The Labute approximate surface area is 72.8 Å². The normalized spacial score (nSPS) is 9.50. The third-order valence-corrected chi connectivity index (χ3v) is 1.79. The highest BCUT2D eigenvalue weighted by Crippen LogP contribution is 2.12. The Balaban J connectivity index is 2.80. The minimum atomic E-state index is 0.448. The van der Waals surface area contributed by atoms with Crippen molar-refractivity contribution in [3.05, 3.63) is 29.8 Å². The molecule has 1 aromatic rings. The topological polar surface area (TPSA) is 20.3 Å². The lowest BCUT2D eigenvalue weighted by atomic mass is 10.2. The van der Waals surface area contributed by atoms with Gasteiger partial charge in [0, 0.05) is 12.7 Å². The smallest absolute Gasteiger partial charge is 0.139 e. The van der Waals surface area contributed by atoms with Gasteiger partial charge in [0.05, 0.1) is 6.54 Å². The number of hydrogen-bond acceptors (Lipinski definition) is 2. The van der Waals surface area contributed by atoms with Crippen LogP contribution in [-0.4, -0.2) is 19.9 Å². The predicted octanol–water partition coefficient (Wildman–Crippen LogP) is 1.63. The number of hydrogen-bond donors (Lipinski definition) is 0. The van der Waals surface area contributed by atoms with Gasteiger partial charge < -0.3 is 9.69 Å².